The van der Waals surface area contributed by atoms with E-state index in [0.29, 0.717) is 11.9 Å². The third-order valence-electron chi connectivity index (χ3n) is 2.90. The van der Waals surface area contributed by atoms with E-state index in [4.69, 9.17) is 4.42 Å². The number of nitrogens with zero attached hydrogens (tertiary/aromatic N) is 4. The van der Waals surface area contributed by atoms with Gasteiger partial charge < -0.3 is 14.6 Å². The lowest BCUT2D eigenvalue weighted by molar-refractivity contribution is 0.535. The maximum Gasteiger partial charge on any atom is 0.297 e. The minimum atomic E-state index is 0.634. The molecule has 0 radical (unpaired) electrons. The summed E-state index contributed by atoms with van der Waals surface area (Å²) >= 11 is 0. The quantitative estimate of drug-likeness (QED) is 0.836. The van der Waals surface area contributed by atoms with E-state index in [-0.39, 0.29) is 0 Å². The van der Waals surface area contributed by atoms with E-state index in [1.807, 2.05) is 31.4 Å². The molecule has 0 aliphatic rings. The second-order valence-electron chi connectivity index (χ2n) is 5.52. The number of aryl methyl sites for hydroxylation is 1. The molecule has 2 heterocycles. The summed E-state index contributed by atoms with van der Waals surface area (Å²) < 4.78 is 7.30. The van der Waals surface area contributed by atoms with Gasteiger partial charge in [-0.2, -0.15) is 10.1 Å². The summed E-state index contributed by atoms with van der Waals surface area (Å²) in [5.74, 6) is 0.634. The lowest BCUT2D eigenvalue weighted by Crippen LogP contribution is -2.19. The molecule has 2 rings (SSSR count). The van der Waals surface area contributed by atoms with Gasteiger partial charge >= 0.3 is 0 Å². The lowest BCUT2D eigenvalue weighted by atomic mass is 10.2. The van der Waals surface area contributed by atoms with E-state index in [1.165, 1.54) is 0 Å². The molecule has 0 fully saturated rings. The number of oxazole rings is 1. The Morgan fingerprint density at radius 1 is 1.45 bits per heavy atom. The van der Waals surface area contributed by atoms with Crippen LogP contribution in [0, 0.1) is 5.92 Å². The minimum Gasteiger partial charge on any atom is -0.432 e. The Hall–Kier alpha value is -1.82. The molecule has 0 unspecified atom stereocenters. The average molecular weight is 277 g/mol. The number of hydrogen-bond acceptors (Lipinski definition) is 5. The second kappa shape index (κ2) is 6.56. The summed E-state index contributed by atoms with van der Waals surface area (Å²) in [4.78, 5) is 6.45. The molecule has 6 nitrogen and oxygen atoms in total. The highest BCUT2D eigenvalue weighted by molar-refractivity contribution is 5.27. The molecular weight excluding hydrogens is 254 g/mol. The molecule has 2 aromatic rings. The smallest absolute Gasteiger partial charge is 0.297 e. The zero-order chi connectivity index (χ0) is 14.5. The average Bonchev–Trinajstić information content (AvgIpc) is 2.98. The zero-order valence-electron chi connectivity index (χ0n) is 12.6. The first-order valence-electron chi connectivity index (χ1n) is 6.88. The second-order valence-corrected chi connectivity index (χ2v) is 5.52. The molecule has 0 aliphatic carbocycles. The molecule has 20 heavy (non-hydrogen) atoms. The number of hydrogen-bond donors (Lipinski definition) is 1. The first-order chi connectivity index (χ1) is 9.54. The number of anilines is 1. The highest BCUT2D eigenvalue weighted by Gasteiger charge is 2.10. The summed E-state index contributed by atoms with van der Waals surface area (Å²) in [5.41, 5.74) is 2.06. The Kier molecular flexibility index (Phi) is 4.79. The molecule has 0 aliphatic heterocycles. The monoisotopic (exact) mass is 277 g/mol. The molecule has 0 saturated heterocycles. The van der Waals surface area contributed by atoms with Gasteiger partial charge in [-0.25, -0.2) is 0 Å². The van der Waals surface area contributed by atoms with E-state index >= 15 is 0 Å². The Balaban J connectivity index is 1.87. The van der Waals surface area contributed by atoms with Crippen LogP contribution >= 0.6 is 0 Å². The van der Waals surface area contributed by atoms with Gasteiger partial charge in [-0.15, -0.1) is 0 Å². The van der Waals surface area contributed by atoms with Crippen LogP contribution in [-0.4, -0.2) is 28.4 Å². The molecule has 0 bridgehead atoms. The van der Waals surface area contributed by atoms with E-state index in [9.17, 15) is 0 Å². The van der Waals surface area contributed by atoms with Crippen LogP contribution in [0.4, 0.5) is 6.01 Å². The van der Waals surface area contributed by atoms with Gasteiger partial charge in [-0.1, -0.05) is 13.8 Å². The Bertz CT molecular complexity index is 531. The zero-order valence-corrected chi connectivity index (χ0v) is 12.6. The van der Waals surface area contributed by atoms with Crippen LogP contribution in [-0.2, 0) is 20.1 Å². The fourth-order valence-electron chi connectivity index (χ4n) is 1.94. The van der Waals surface area contributed by atoms with Crippen molar-refractivity contribution in [3.63, 3.8) is 0 Å². The summed E-state index contributed by atoms with van der Waals surface area (Å²) in [6.07, 6.45) is 5.55. The van der Waals surface area contributed by atoms with E-state index in [1.54, 1.807) is 10.9 Å². The van der Waals surface area contributed by atoms with Gasteiger partial charge in [0.25, 0.3) is 6.01 Å². The van der Waals surface area contributed by atoms with E-state index in [2.05, 4.69) is 29.2 Å². The normalized spacial score (nSPS) is 11.2. The third kappa shape index (κ3) is 4.09. The van der Waals surface area contributed by atoms with Crippen LogP contribution in [0.15, 0.2) is 23.1 Å². The summed E-state index contributed by atoms with van der Waals surface area (Å²) in [6.45, 7) is 6.81. The Morgan fingerprint density at radius 2 is 2.25 bits per heavy atom. The van der Waals surface area contributed by atoms with Gasteiger partial charge in [0.15, 0.2) is 0 Å². The minimum absolute atomic E-state index is 0.634. The van der Waals surface area contributed by atoms with Crippen molar-refractivity contribution in [1.29, 1.82) is 0 Å². The van der Waals surface area contributed by atoms with Gasteiger partial charge in [0.2, 0.25) is 0 Å². The van der Waals surface area contributed by atoms with Crippen LogP contribution < -0.4 is 10.2 Å². The van der Waals surface area contributed by atoms with Crippen LogP contribution in [0.5, 0.6) is 0 Å². The highest BCUT2D eigenvalue weighted by Crippen LogP contribution is 2.14. The van der Waals surface area contributed by atoms with Crippen LogP contribution in [0.3, 0.4) is 0 Å². The van der Waals surface area contributed by atoms with Crippen LogP contribution in [0.25, 0.3) is 0 Å². The molecule has 0 atom stereocenters. The largest absolute Gasteiger partial charge is 0.432 e. The van der Waals surface area contributed by atoms with Gasteiger partial charge in [0.1, 0.15) is 6.26 Å². The van der Waals surface area contributed by atoms with Crippen molar-refractivity contribution in [2.75, 3.05) is 18.5 Å². The fourth-order valence-corrected chi connectivity index (χ4v) is 1.94. The predicted octanol–water partition coefficient (Wildman–Crippen LogP) is 1.79. The molecule has 110 valence electrons. The molecule has 0 saturated carbocycles. The molecule has 0 amide bonds. The predicted molar refractivity (Wildman–Crippen MR) is 78.4 cm³/mol. The van der Waals surface area contributed by atoms with Gasteiger partial charge in [0.05, 0.1) is 18.4 Å². The Labute approximate surface area is 119 Å². The molecule has 0 spiro atoms. The van der Waals surface area contributed by atoms with Crippen LogP contribution in [0.1, 0.15) is 25.1 Å². The van der Waals surface area contributed by atoms with E-state index < -0.39 is 0 Å². The van der Waals surface area contributed by atoms with Gasteiger partial charge in [0, 0.05) is 32.4 Å². The summed E-state index contributed by atoms with van der Waals surface area (Å²) in [6, 6.07) is 0.634. The third-order valence-corrected chi connectivity index (χ3v) is 2.90. The van der Waals surface area contributed by atoms with Crippen molar-refractivity contribution in [3.05, 3.63) is 29.9 Å². The maximum absolute atomic E-state index is 5.51. The van der Waals surface area contributed by atoms with Crippen molar-refractivity contribution in [3.8, 4) is 0 Å². The summed E-state index contributed by atoms with van der Waals surface area (Å²) in [5, 5.41) is 7.51. The number of aromatic nitrogens is 3. The summed E-state index contributed by atoms with van der Waals surface area (Å²) in [7, 11) is 3.87. The topological polar surface area (TPSA) is 59.1 Å². The van der Waals surface area contributed by atoms with Crippen LogP contribution in [0.2, 0.25) is 0 Å². The number of rotatable bonds is 7. The van der Waals surface area contributed by atoms with Crippen molar-refractivity contribution in [1.82, 2.24) is 20.1 Å². The molecule has 2 aromatic heterocycles. The lowest BCUT2D eigenvalue weighted by Gasteiger charge is -2.12. The first kappa shape index (κ1) is 14.6. The fraction of sp³-hybridized carbons (Fsp3) is 0.571. The number of nitrogens with one attached hydrogen (secondary N) is 1. The van der Waals surface area contributed by atoms with Crippen molar-refractivity contribution in [2.24, 2.45) is 13.0 Å². The standard InChI is InChI=1S/C14H23N5O/c1-11(2)5-15-7-13-10-20-14(17-13)18(3)8-12-6-16-19(4)9-12/h6,9-11,15H,5,7-8H2,1-4H3. The molecular formula is C14H23N5O. The van der Waals surface area contributed by atoms with Crippen molar-refractivity contribution >= 4 is 6.01 Å². The van der Waals surface area contributed by atoms with E-state index in [0.717, 1.165) is 30.9 Å². The SMILES string of the molecule is CC(C)CNCc1coc(N(C)Cc2cnn(C)c2)n1. The van der Waals surface area contributed by atoms with Crippen molar-refractivity contribution < 1.29 is 4.42 Å². The van der Waals surface area contributed by atoms with Gasteiger partial charge in [-0.3, -0.25) is 4.68 Å². The first-order valence-corrected chi connectivity index (χ1v) is 6.88. The highest BCUT2D eigenvalue weighted by atomic mass is 16.4. The van der Waals surface area contributed by atoms with Gasteiger partial charge in [-0.05, 0) is 12.5 Å². The van der Waals surface area contributed by atoms with Crippen molar-refractivity contribution in [2.45, 2.75) is 26.9 Å². The maximum atomic E-state index is 5.51. The molecule has 1 N–H and O–H groups in total. The molecule has 6 heteroatoms. The molecule has 0 aromatic carbocycles. The Morgan fingerprint density at radius 3 is 2.90 bits per heavy atom.